The number of hydrogen-bond donors (Lipinski definition) is 0. The third kappa shape index (κ3) is 1.69. The molecule has 0 aliphatic carbocycles. The largest absolute Gasteiger partial charge is 0.434 e. The molecule has 1 heterocycles. The first-order valence-electron chi connectivity index (χ1n) is 3.90. The van der Waals surface area contributed by atoms with Crippen molar-refractivity contribution in [2.24, 2.45) is 4.99 Å². The van der Waals surface area contributed by atoms with Crippen LogP contribution in [0.2, 0.25) is 0 Å². The number of carbonyl (C=O) groups is 1. The Morgan fingerprint density at radius 1 is 1.20 bits per heavy atom. The molecule has 15 heavy (non-hydrogen) atoms. The first-order valence-corrected chi connectivity index (χ1v) is 4.69. The minimum absolute atomic E-state index is 0.00877. The molecule has 0 N–H and O–H groups in total. The summed E-state index contributed by atoms with van der Waals surface area (Å²) in [5.74, 6) is -0.843. The molecule has 2 rings (SSSR count). The number of nitrogens with zero attached hydrogens (tertiary/aromatic N) is 1. The summed E-state index contributed by atoms with van der Waals surface area (Å²) in [7, 11) is 0. The van der Waals surface area contributed by atoms with E-state index in [4.69, 9.17) is 0 Å². The second-order valence-corrected chi connectivity index (χ2v) is 3.87. The van der Waals surface area contributed by atoms with Crippen LogP contribution in [0.25, 0.3) is 0 Å². The summed E-state index contributed by atoms with van der Waals surface area (Å²) in [6.45, 7) is 0. The van der Waals surface area contributed by atoms with E-state index in [1.54, 1.807) is 0 Å². The number of carbonyl (C=O) groups excluding carboxylic acids is 1. The standard InChI is InChI=1S/C9H3BrF3NO/c10-4-1-2-5-6(3-4)7(9(11,12)13)14-8(5)15/h1-3H. The Balaban J connectivity index is 2.63. The van der Waals surface area contributed by atoms with Gasteiger partial charge in [-0.05, 0) is 18.2 Å². The fourth-order valence-electron chi connectivity index (χ4n) is 1.34. The van der Waals surface area contributed by atoms with Gasteiger partial charge in [0.1, 0.15) is 0 Å². The Hall–Kier alpha value is -1.17. The van der Waals surface area contributed by atoms with Gasteiger partial charge in [-0.25, -0.2) is 4.99 Å². The number of hydrogen-bond acceptors (Lipinski definition) is 1. The molecule has 0 aromatic heterocycles. The van der Waals surface area contributed by atoms with Crippen LogP contribution in [0.4, 0.5) is 13.2 Å². The van der Waals surface area contributed by atoms with Crippen LogP contribution in [0.15, 0.2) is 27.7 Å². The highest BCUT2D eigenvalue weighted by Crippen LogP contribution is 2.31. The van der Waals surface area contributed by atoms with Gasteiger partial charge in [0.25, 0.3) is 5.91 Å². The molecule has 0 unspecified atom stereocenters. The zero-order valence-electron chi connectivity index (χ0n) is 7.10. The minimum atomic E-state index is -4.60. The molecule has 1 aromatic rings. The first-order chi connectivity index (χ1) is 6.89. The lowest BCUT2D eigenvalue weighted by atomic mass is 10.1. The SMILES string of the molecule is O=C1N=C(C(F)(F)F)c2cc(Br)ccc21. The van der Waals surface area contributed by atoms with Crippen LogP contribution in [0.1, 0.15) is 15.9 Å². The van der Waals surface area contributed by atoms with E-state index in [9.17, 15) is 18.0 Å². The summed E-state index contributed by atoms with van der Waals surface area (Å²) < 4.78 is 37.8. The number of benzene rings is 1. The third-order valence-corrected chi connectivity index (χ3v) is 2.44. The lowest BCUT2D eigenvalue weighted by molar-refractivity contribution is -0.0579. The first kappa shape index (κ1) is 10.4. The Kier molecular flexibility index (Phi) is 2.18. The van der Waals surface area contributed by atoms with Gasteiger partial charge >= 0.3 is 6.18 Å². The molecular weight excluding hydrogens is 275 g/mol. The van der Waals surface area contributed by atoms with Gasteiger partial charge in [-0.3, -0.25) is 4.79 Å². The second-order valence-electron chi connectivity index (χ2n) is 2.95. The average Bonchev–Trinajstić information content (AvgIpc) is 2.42. The van der Waals surface area contributed by atoms with Crippen LogP contribution in [-0.4, -0.2) is 17.8 Å². The second kappa shape index (κ2) is 3.16. The highest BCUT2D eigenvalue weighted by Gasteiger charge is 2.42. The predicted molar refractivity (Wildman–Crippen MR) is 51.1 cm³/mol. The number of halogens is 4. The van der Waals surface area contributed by atoms with Crippen molar-refractivity contribution in [1.82, 2.24) is 0 Å². The summed E-state index contributed by atoms with van der Waals surface area (Å²) in [5, 5.41) is 0. The van der Waals surface area contributed by atoms with E-state index in [2.05, 4.69) is 20.9 Å². The molecule has 0 saturated carbocycles. The lowest BCUT2D eigenvalue weighted by Gasteiger charge is -2.06. The van der Waals surface area contributed by atoms with Gasteiger partial charge in [0.05, 0.1) is 5.56 Å². The van der Waals surface area contributed by atoms with Crippen LogP contribution in [0, 0.1) is 0 Å². The van der Waals surface area contributed by atoms with Gasteiger partial charge in [-0.15, -0.1) is 0 Å². The Labute approximate surface area is 90.9 Å². The number of rotatable bonds is 0. The van der Waals surface area contributed by atoms with Crippen molar-refractivity contribution < 1.29 is 18.0 Å². The van der Waals surface area contributed by atoms with Gasteiger partial charge in [0, 0.05) is 10.0 Å². The van der Waals surface area contributed by atoms with Gasteiger partial charge in [0.15, 0.2) is 5.71 Å². The molecule has 1 aliphatic heterocycles. The zero-order chi connectivity index (χ0) is 11.2. The van der Waals surface area contributed by atoms with Crippen molar-refractivity contribution in [2.75, 3.05) is 0 Å². The molecule has 0 atom stereocenters. The Bertz CT molecular complexity index is 479. The summed E-state index contributed by atoms with van der Waals surface area (Å²) >= 11 is 3.05. The summed E-state index contributed by atoms with van der Waals surface area (Å²) in [4.78, 5) is 14.1. The summed E-state index contributed by atoms with van der Waals surface area (Å²) in [5.41, 5.74) is -1.30. The smallest absolute Gasteiger partial charge is 0.267 e. The van der Waals surface area contributed by atoms with E-state index in [0.717, 1.165) is 0 Å². The van der Waals surface area contributed by atoms with Crippen LogP contribution in [-0.2, 0) is 0 Å². The van der Waals surface area contributed by atoms with Crippen molar-refractivity contribution >= 4 is 27.5 Å². The molecule has 0 fully saturated rings. The molecular formula is C9H3BrF3NO. The summed E-state index contributed by atoms with van der Waals surface area (Å²) in [6, 6.07) is 4.07. The molecule has 2 nitrogen and oxygen atoms in total. The molecule has 1 amide bonds. The van der Waals surface area contributed by atoms with Crippen molar-refractivity contribution in [1.29, 1.82) is 0 Å². The average molecular weight is 278 g/mol. The van der Waals surface area contributed by atoms with E-state index in [1.807, 2.05) is 0 Å². The number of amides is 1. The molecule has 78 valence electrons. The highest BCUT2D eigenvalue weighted by molar-refractivity contribution is 9.10. The Morgan fingerprint density at radius 2 is 1.87 bits per heavy atom. The van der Waals surface area contributed by atoms with E-state index in [0.29, 0.717) is 4.47 Å². The molecule has 0 radical (unpaired) electrons. The van der Waals surface area contributed by atoms with Crippen LogP contribution in [0.5, 0.6) is 0 Å². The monoisotopic (exact) mass is 277 g/mol. The maximum Gasteiger partial charge on any atom is 0.434 e. The van der Waals surface area contributed by atoms with Crippen molar-refractivity contribution in [3.8, 4) is 0 Å². The molecule has 1 aromatic carbocycles. The summed E-state index contributed by atoms with van der Waals surface area (Å²) in [6.07, 6.45) is -4.60. The molecule has 6 heteroatoms. The van der Waals surface area contributed by atoms with Gasteiger partial charge in [0.2, 0.25) is 0 Å². The van der Waals surface area contributed by atoms with Crippen LogP contribution >= 0.6 is 15.9 Å². The molecule has 1 aliphatic rings. The van der Waals surface area contributed by atoms with Crippen molar-refractivity contribution in [3.63, 3.8) is 0 Å². The molecule has 0 saturated heterocycles. The number of alkyl halides is 3. The maximum absolute atomic E-state index is 12.4. The van der Waals surface area contributed by atoms with Crippen LogP contribution in [0.3, 0.4) is 0 Å². The van der Waals surface area contributed by atoms with Crippen molar-refractivity contribution in [2.45, 2.75) is 6.18 Å². The lowest BCUT2D eigenvalue weighted by Crippen LogP contribution is -2.22. The molecule has 0 bridgehead atoms. The van der Waals surface area contributed by atoms with Crippen LogP contribution < -0.4 is 0 Å². The fourth-order valence-corrected chi connectivity index (χ4v) is 1.70. The topological polar surface area (TPSA) is 29.4 Å². The number of fused-ring (bicyclic) bond motifs is 1. The Morgan fingerprint density at radius 3 is 2.47 bits per heavy atom. The van der Waals surface area contributed by atoms with Gasteiger partial charge < -0.3 is 0 Å². The maximum atomic E-state index is 12.4. The van der Waals surface area contributed by atoms with Crippen molar-refractivity contribution in [3.05, 3.63) is 33.8 Å². The van der Waals surface area contributed by atoms with E-state index >= 15 is 0 Å². The van der Waals surface area contributed by atoms with E-state index in [1.165, 1.54) is 18.2 Å². The zero-order valence-corrected chi connectivity index (χ0v) is 8.69. The quantitative estimate of drug-likeness (QED) is 0.717. The van der Waals surface area contributed by atoms with E-state index in [-0.39, 0.29) is 11.1 Å². The highest BCUT2D eigenvalue weighted by atomic mass is 79.9. The third-order valence-electron chi connectivity index (χ3n) is 1.95. The predicted octanol–water partition coefficient (Wildman–Crippen LogP) is 2.95. The van der Waals surface area contributed by atoms with Gasteiger partial charge in [-0.1, -0.05) is 15.9 Å². The van der Waals surface area contributed by atoms with Gasteiger partial charge in [-0.2, -0.15) is 13.2 Å². The normalized spacial score (nSPS) is 15.2. The number of aliphatic imine (C=N–C) groups is 1. The fraction of sp³-hybridized carbons (Fsp3) is 0.111. The molecule has 0 spiro atoms. The minimum Gasteiger partial charge on any atom is -0.267 e. The van der Waals surface area contributed by atoms with E-state index < -0.39 is 17.8 Å².